The molecule has 1 aromatic carbocycles. The molecule has 0 saturated heterocycles. The summed E-state index contributed by atoms with van der Waals surface area (Å²) in [5.41, 5.74) is 1.77. The van der Waals surface area contributed by atoms with Crippen LogP contribution in [-0.2, 0) is 21.5 Å². The van der Waals surface area contributed by atoms with Crippen LogP contribution in [0.25, 0.3) is 0 Å². The van der Waals surface area contributed by atoms with Gasteiger partial charge in [-0.05, 0) is 36.6 Å². The van der Waals surface area contributed by atoms with Crippen LogP contribution in [0.15, 0.2) is 42.5 Å². The Hall–Kier alpha value is -2.37. The van der Waals surface area contributed by atoms with Crippen LogP contribution in [0.4, 0.5) is 13.2 Å². The van der Waals surface area contributed by atoms with E-state index in [9.17, 15) is 22.8 Å². The van der Waals surface area contributed by atoms with Crippen molar-refractivity contribution in [1.29, 1.82) is 0 Å². The molecule has 1 heterocycles. The highest BCUT2D eigenvalue weighted by atomic mass is 19.4. The number of carbonyl (C=O) groups is 2. The maximum atomic E-state index is 12.8. The fourth-order valence-corrected chi connectivity index (χ4v) is 3.32. The van der Waals surface area contributed by atoms with Crippen LogP contribution in [0, 0.1) is 6.92 Å². The molecule has 1 aliphatic carbocycles. The fourth-order valence-electron chi connectivity index (χ4n) is 3.32. The van der Waals surface area contributed by atoms with Crippen molar-refractivity contribution in [2.45, 2.75) is 31.5 Å². The first-order chi connectivity index (χ1) is 11.2. The molecular weight excluding hydrogens is 319 g/mol. The van der Waals surface area contributed by atoms with Crippen LogP contribution in [-0.4, -0.2) is 29.3 Å². The minimum absolute atomic E-state index is 0.0328. The fraction of sp³-hybridized carbons (Fsp3) is 0.333. The number of nitrogens with zero attached hydrogens (tertiary/aromatic N) is 1. The monoisotopic (exact) mass is 335 g/mol. The summed E-state index contributed by atoms with van der Waals surface area (Å²) in [4.78, 5) is 24.0. The maximum Gasteiger partial charge on any atom is 0.471 e. The van der Waals surface area contributed by atoms with Gasteiger partial charge in [0.05, 0.1) is 0 Å². The summed E-state index contributed by atoms with van der Waals surface area (Å²) in [6.45, 7) is 1.73. The molecule has 1 aromatic rings. The molecule has 126 valence electrons. The quantitative estimate of drug-likeness (QED) is 0.730. The van der Waals surface area contributed by atoms with Crippen LogP contribution < -0.4 is 0 Å². The molecule has 0 fully saturated rings. The Morgan fingerprint density at radius 2 is 1.88 bits per heavy atom. The van der Waals surface area contributed by atoms with E-state index in [2.05, 4.69) is 0 Å². The second-order valence-corrected chi connectivity index (χ2v) is 6.24. The highest BCUT2D eigenvalue weighted by Gasteiger charge is 2.44. The van der Waals surface area contributed by atoms with Gasteiger partial charge in [-0.15, -0.1) is 0 Å². The van der Waals surface area contributed by atoms with E-state index in [1.807, 2.05) is 19.1 Å². The van der Waals surface area contributed by atoms with Gasteiger partial charge in [0, 0.05) is 18.5 Å². The van der Waals surface area contributed by atoms with Crippen molar-refractivity contribution in [2.24, 2.45) is 0 Å². The van der Waals surface area contributed by atoms with Crippen LogP contribution >= 0.6 is 0 Å². The molecule has 0 saturated carbocycles. The van der Waals surface area contributed by atoms with E-state index in [4.69, 9.17) is 0 Å². The standard InChI is InChI=1S/C18H16F3NO2/c1-12-2-3-15-13(10-12)11-22(16(24)18(19,20)21)9-8-17(15)6-4-14(23)5-7-17/h2-7,10H,8-9,11H2,1H3. The first-order valence-corrected chi connectivity index (χ1v) is 7.60. The number of ketones is 1. The average Bonchev–Trinajstić information content (AvgIpc) is 2.66. The lowest BCUT2D eigenvalue weighted by Crippen LogP contribution is -2.41. The number of hydrogen-bond donors (Lipinski definition) is 0. The zero-order chi connectivity index (χ0) is 17.5. The Morgan fingerprint density at radius 3 is 2.50 bits per heavy atom. The van der Waals surface area contributed by atoms with Crippen molar-refractivity contribution in [3.63, 3.8) is 0 Å². The van der Waals surface area contributed by atoms with Crippen LogP contribution in [0.2, 0.25) is 0 Å². The number of hydrogen-bond acceptors (Lipinski definition) is 2. The van der Waals surface area contributed by atoms with Gasteiger partial charge in [-0.3, -0.25) is 9.59 Å². The predicted molar refractivity (Wildman–Crippen MR) is 82.2 cm³/mol. The number of benzene rings is 1. The van der Waals surface area contributed by atoms with E-state index in [1.165, 1.54) is 12.2 Å². The lowest BCUT2D eigenvalue weighted by Gasteiger charge is -2.30. The van der Waals surface area contributed by atoms with Gasteiger partial charge in [-0.25, -0.2) is 0 Å². The number of fused-ring (bicyclic) bond motifs is 2. The Labute approximate surface area is 137 Å². The van der Waals surface area contributed by atoms with E-state index in [0.29, 0.717) is 12.0 Å². The van der Waals surface area contributed by atoms with E-state index in [-0.39, 0.29) is 18.9 Å². The Balaban J connectivity index is 2.07. The molecule has 0 bridgehead atoms. The minimum atomic E-state index is -4.89. The van der Waals surface area contributed by atoms with Crippen LogP contribution in [0.1, 0.15) is 23.1 Å². The van der Waals surface area contributed by atoms with Crippen molar-refractivity contribution >= 4 is 11.7 Å². The first-order valence-electron chi connectivity index (χ1n) is 7.60. The summed E-state index contributed by atoms with van der Waals surface area (Å²) in [6, 6.07) is 5.56. The number of aryl methyl sites for hydroxylation is 1. The molecular formula is C18H16F3NO2. The maximum absolute atomic E-state index is 12.8. The topological polar surface area (TPSA) is 37.4 Å². The van der Waals surface area contributed by atoms with Gasteiger partial charge >= 0.3 is 12.1 Å². The van der Waals surface area contributed by atoms with Crippen LogP contribution in [0.3, 0.4) is 0 Å². The third-order valence-electron chi connectivity index (χ3n) is 4.54. The Kier molecular flexibility index (Phi) is 3.86. The smallest absolute Gasteiger partial charge is 0.330 e. The van der Waals surface area contributed by atoms with Gasteiger partial charge < -0.3 is 4.90 Å². The van der Waals surface area contributed by atoms with Crippen molar-refractivity contribution in [1.82, 2.24) is 4.90 Å². The lowest BCUT2D eigenvalue weighted by molar-refractivity contribution is -0.186. The second-order valence-electron chi connectivity index (χ2n) is 6.24. The summed E-state index contributed by atoms with van der Waals surface area (Å²) in [5.74, 6) is -1.98. The number of halogens is 3. The largest absolute Gasteiger partial charge is 0.471 e. The molecule has 0 atom stereocenters. The number of carbonyl (C=O) groups excluding carboxylic acids is 2. The van der Waals surface area contributed by atoms with E-state index in [1.54, 1.807) is 18.2 Å². The summed E-state index contributed by atoms with van der Waals surface area (Å²) in [5, 5.41) is 0. The number of alkyl halides is 3. The van der Waals surface area contributed by atoms with Gasteiger partial charge in [0.15, 0.2) is 5.78 Å². The lowest BCUT2D eigenvalue weighted by atomic mass is 9.73. The second kappa shape index (κ2) is 5.61. The van der Waals surface area contributed by atoms with Crippen molar-refractivity contribution in [2.75, 3.05) is 6.54 Å². The Bertz CT molecular complexity index is 746. The molecule has 6 heteroatoms. The number of rotatable bonds is 0. The van der Waals surface area contributed by atoms with Crippen molar-refractivity contribution in [3.05, 3.63) is 59.2 Å². The third kappa shape index (κ3) is 2.88. The zero-order valence-corrected chi connectivity index (χ0v) is 13.1. The molecule has 3 nitrogen and oxygen atoms in total. The summed E-state index contributed by atoms with van der Waals surface area (Å²) in [7, 11) is 0. The molecule has 1 aliphatic heterocycles. The van der Waals surface area contributed by atoms with Gasteiger partial charge in [-0.2, -0.15) is 13.2 Å². The first kappa shape index (κ1) is 16.5. The van der Waals surface area contributed by atoms with E-state index >= 15 is 0 Å². The predicted octanol–water partition coefficient (Wildman–Crippen LogP) is 3.22. The minimum Gasteiger partial charge on any atom is -0.330 e. The van der Waals surface area contributed by atoms with Gasteiger partial charge in [0.1, 0.15) is 0 Å². The molecule has 24 heavy (non-hydrogen) atoms. The van der Waals surface area contributed by atoms with Crippen molar-refractivity contribution < 1.29 is 22.8 Å². The average molecular weight is 335 g/mol. The van der Waals surface area contributed by atoms with Gasteiger partial charge in [0.25, 0.3) is 0 Å². The number of allylic oxidation sites excluding steroid dienone is 4. The van der Waals surface area contributed by atoms with Crippen LogP contribution in [0.5, 0.6) is 0 Å². The van der Waals surface area contributed by atoms with E-state index in [0.717, 1.165) is 16.0 Å². The molecule has 1 spiro atoms. The molecule has 2 aliphatic rings. The highest BCUT2D eigenvalue weighted by Crippen LogP contribution is 2.39. The van der Waals surface area contributed by atoms with Crippen molar-refractivity contribution in [3.8, 4) is 0 Å². The summed E-state index contributed by atoms with van der Waals surface area (Å²) in [6.07, 6.45) is 1.73. The zero-order valence-electron chi connectivity index (χ0n) is 13.1. The highest BCUT2D eigenvalue weighted by molar-refractivity contribution is 6.00. The molecule has 0 N–H and O–H groups in total. The molecule has 0 unspecified atom stereocenters. The molecule has 3 rings (SSSR count). The van der Waals surface area contributed by atoms with Gasteiger partial charge in [0.2, 0.25) is 0 Å². The Morgan fingerprint density at radius 1 is 1.21 bits per heavy atom. The summed E-state index contributed by atoms with van der Waals surface area (Å²) < 4.78 is 38.5. The normalized spacial score (nSPS) is 19.3. The SMILES string of the molecule is Cc1ccc2c(c1)CN(C(=O)C(F)(F)F)CCC21C=CC(=O)C=C1. The van der Waals surface area contributed by atoms with E-state index < -0.39 is 17.5 Å². The summed E-state index contributed by atoms with van der Waals surface area (Å²) >= 11 is 0. The third-order valence-corrected chi connectivity index (χ3v) is 4.54. The van der Waals surface area contributed by atoms with Gasteiger partial charge in [-0.1, -0.05) is 35.9 Å². The molecule has 0 radical (unpaired) electrons. The molecule has 1 amide bonds. The molecule has 0 aromatic heterocycles. The number of amides is 1.